The van der Waals surface area contributed by atoms with Crippen LogP contribution in [-0.2, 0) is 4.74 Å². The Morgan fingerprint density at radius 3 is 2.77 bits per heavy atom. The predicted molar refractivity (Wildman–Crippen MR) is 161 cm³/mol. The van der Waals surface area contributed by atoms with Crippen molar-refractivity contribution in [2.75, 3.05) is 33.9 Å². The monoisotopic (exact) mass is 558 g/mol. The van der Waals surface area contributed by atoms with Crippen LogP contribution in [0.25, 0.3) is 21.6 Å². The van der Waals surface area contributed by atoms with Gasteiger partial charge in [0.2, 0.25) is 0 Å². The number of nitrogens with zero attached hydrogens (tertiary/aromatic N) is 3. The highest BCUT2D eigenvalue weighted by Gasteiger charge is 2.19. The first-order valence-corrected chi connectivity index (χ1v) is 14.8. The largest absolute Gasteiger partial charge is 0.492 e. The number of rotatable bonds is 10. The Morgan fingerprint density at radius 1 is 1.18 bits per heavy atom. The quantitative estimate of drug-likeness (QED) is 0.234. The van der Waals surface area contributed by atoms with Crippen molar-refractivity contribution in [2.24, 2.45) is 0 Å². The molecule has 1 N–H and O–H groups in total. The molecule has 7 nitrogen and oxygen atoms in total. The van der Waals surface area contributed by atoms with Gasteiger partial charge in [-0.3, -0.25) is 4.79 Å². The lowest BCUT2D eigenvalue weighted by Gasteiger charge is -2.22. The van der Waals surface area contributed by atoms with E-state index in [0.29, 0.717) is 17.9 Å². The number of hydrogen-bond donors (Lipinski definition) is 1. The van der Waals surface area contributed by atoms with E-state index in [1.54, 1.807) is 11.3 Å². The molecule has 4 aromatic rings. The van der Waals surface area contributed by atoms with Gasteiger partial charge in [-0.25, -0.2) is 4.68 Å². The normalized spacial score (nSPS) is 16.2. The minimum absolute atomic E-state index is 0.00785. The fourth-order valence-corrected chi connectivity index (χ4v) is 5.58. The topological polar surface area (TPSA) is 68.6 Å². The Bertz CT molecular complexity index is 1420. The third-order valence-electron chi connectivity index (χ3n) is 7.26. The molecule has 3 heterocycles. The summed E-state index contributed by atoms with van der Waals surface area (Å²) in [6.07, 6.45) is 7.21. The van der Waals surface area contributed by atoms with E-state index in [1.807, 2.05) is 57.0 Å². The number of carbonyl (C=O) groups is 1. The number of ether oxygens (including phenoxy) is 2. The summed E-state index contributed by atoms with van der Waals surface area (Å²) in [5.74, 6) is 0.583. The second-order valence-corrected chi connectivity index (χ2v) is 11.6. The number of carbonyl (C=O) groups excluding carboxylic acids is 1. The first-order chi connectivity index (χ1) is 19.4. The average molecular weight is 559 g/mol. The molecule has 210 valence electrons. The van der Waals surface area contributed by atoms with Crippen LogP contribution in [0.15, 0.2) is 66.3 Å². The summed E-state index contributed by atoms with van der Waals surface area (Å²) in [6.45, 7) is 6.13. The zero-order chi connectivity index (χ0) is 28.1. The third-order valence-corrected chi connectivity index (χ3v) is 8.17. The molecule has 40 heavy (non-hydrogen) atoms. The van der Waals surface area contributed by atoms with E-state index in [2.05, 4.69) is 57.2 Å². The summed E-state index contributed by atoms with van der Waals surface area (Å²) in [6, 6.07) is 16.2. The van der Waals surface area contributed by atoms with Gasteiger partial charge in [0.05, 0.1) is 12.2 Å². The zero-order valence-corrected chi connectivity index (χ0v) is 24.5. The molecule has 0 bridgehead atoms. The zero-order valence-electron chi connectivity index (χ0n) is 23.7. The van der Waals surface area contributed by atoms with Crippen LogP contribution in [0.5, 0.6) is 5.75 Å². The van der Waals surface area contributed by atoms with Crippen LogP contribution in [0, 0.1) is 6.92 Å². The van der Waals surface area contributed by atoms with Gasteiger partial charge in [-0.05, 0) is 111 Å². The van der Waals surface area contributed by atoms with E-state index in [4.69, 9.17) is 9.47 Å². The molecule has 1 amide bonds. The Morgan fingerprint density at radius 2 is 2.02 bits per heavy atom. The van der Waals surface area contributed by atoms with E-state index < -0.39 is 0 Å². The molecule has 0 spiro atoms. The van der Waals surface area contributed by atoms with Gasteiger partial charge in [-0.1, -0.05) is 12.1 Å². The Kier molecular flexibility index (Phi) is 8.99. The van der Waals surface area contributed by atoms with Crippen molar-refractivity contribution in [3.63, 3.8) is 0 Å². The van der Waals surface area contributed by atoms with Crippen LogP contribution in [0.4, 0.5) is 0 Å². The molecule has 8 heteroatoms. The van der Waals surface area contributed by atoms with E-state index in [-0.39, 0.29) is 18.2 Å². The van der Waals surface area contributed by atoms with Gasteiger partial charge >= 0.3 is 0 Å². The van der Waals surface area contributed by atoms with Crippen molar-refractivity contribution in [1.29, 1.82) is 0 Å². The molecule has 1 unspecified atom stereocenters. The summed E-state index contributed by atoms with van der Waals surface area (Å²) >= 11 is 1.71. The highest BCUT2D eigenvalue weighted by atomic mass is 32.1. The van der Waals surface area contributed by atoms with E-state index in [0.717, 1.165) is 60.2 Å². The molecule has 5 rings (SSSR count). The van der Waals surface area contributed by atoms with Gasteiger partial charge in [-0.2, -0.15) is 5.10 Å². The summed E-state index contributed by atoms with van der Waals surface area (Å²) in [5.41, 5.74) is 5.79. The number of aryl methyl sites for hydroxylation is 1. The highest BCUT2D eigenvalue weighted by Crippen LogP contribution is 2.34. The maximum absolute atomic E-state index is 13.4. The Labute approximate surface area is 240 Å². The Hall–Kier alpha value is -3.46. The lowest BCUT2D eigenvalue weighted by atomic mass is 9.97. The van der Waals surface area contributed by atoms with Gasteiger partial charge in [0.1, 0.15) is 18.6 Å². The van der Waals surface area contributed by atoms with Gasteiger partial charge in [0, 0.05) is 35.4 Å². The van der Waals surface area contributed by atoms with Crippen LogP contribution in [0.1, 0.15) is 59.9 Å². The standard InChI is InChI=1S/C32H38N4O3S/c1-22-10-11-28(38-14-12-35(3)4)19-29(22)32(37)34-23(2)24-16-25(18-26(17-24)30-8-7-15-40-30)27-20-33-36(21-27)31-9-5-6-13-39-31/h7-8,10-11,15-21,23,31H,5-6,9,12-14H2,1-4H3,(H,34,37)/t23-,31?/m1/s1. The minimum Gasteiger partial charge on any atom is -0.492 e. The summed E-state index contributed by atoms with van der Waals surface area (Å²) in [4.78, 5) is 16.7. The molecule has 0 aliphatic carbocycles. The van der Waals surface area contributed by atoms with Gasteiger partial charge < -0.3 is 19.7 Å². The van der Waals surface area contributed by atoms with Gasteiger partial charge in [0.25, 0.3) is 5.91 Å². The van der Waals surface area contributed by atoms with Crippen LogP contribution in [0.3, 0.4) is 0 Å². The van der Waals surface area contributed by atoms with E-state index in [9.17, 15) is 4.79 Å². The molecule has 1 aliphatic rings. The SMILES string of the molecule is Cc1ccc(OCCN(C)C)cc1C(=O)N[C@H](C)c1cc(-c2cnn(C3CCCCO3)c2)cc(-c2cccs2)c1. The van der Waals surface area contributed by atoms with Crippen molar-refractivity contribution in [3.05, 3.63) is 83.0 Å². The maximum Gasteiger partial charge on any atom is 0.252 e. The van der Waals surface area contributed by atoms with Crippen molar-refractivity contribution in [2.45, 2.75) is 45.4 Å². The summed E-state index contributed by atoms with van der Waals surface area (Å²) in [7, 11) is 4.02. The van der Waals surface area contributed by atoms with Crippen LogP contribution >= 0.6 is 11.3 Å². The molecule has 0 saturated carbocycles. The lowest BCUT2D eigenvalue weighted by Crippen LogP contribution is -2.27. The molecule has 1 saturated heterocycles. The number of hydrogen-bond acceptors (Lipinski definition) is 6. The van der Waals surface area contributed by atoms with Crippen molar-refractivity contribution in [3.8, 4) is 27.3 Å². The minimum atomic E-state index is -0.208. The van der Waals surface area contributed by atoms with Crippen LogP contribution in [0.2, 0.25) is 0 Å². The third kappa shape index (κ3) is 6.81. The number of thiophene rings is 1. The fraction of sp³-hybridized carbons (Fsp3) is 0.375. The Balaban J connectivity index is 1.38. The van der Waals surface area contributed by atoms with Gasteiger partial charge in [0.15, 0.2) is 0 Å². The summed E-state index contributed by atoms with van der Waals surface area (Å²) < 4.78 is 13.8. The lowest BCUT2D eigenvalue weighted by molar-refractivity contribution is -0.0394. The first-order valence-electron chi connectivity index (χ1n) is 13.9. The molecule has 1 fully saturated rings. The van der Waals surface area contributed by atoms with Crippen molar-refractivity contribution < 1.29 is 14.3 Å². The second-order valence-electron chi connectivity index (χ2n) is 10.7. The number of benzene rings is 2. The molecule has 2 atom stereocenters. The highest BCUT2D eigenvalue weighted by molar-refractivity contribution is 7.13. The van der Waals surface area contributed by atoms with Crippen LogP contribution < -0.4 is 10.1 Å². The fourth-order valence-electron chi connectivity index (χ4n) is 4.87. The second kappa shape index (κ2) is 12.8. The summed E-state index contributed by atoms with van der Waals surface area (Å²) in [5, 5.41) is 9.94. The van der Waals surface area contributed by atoms with Gasteiger partial charge in [-0.15, -0.1) is 11.3 Å². The first kappa shape index (κ1) is 28.1. The number of amides is 1. The van der Waals surface area contributed by atoms with E-state index >= 15 is 0 Å². The molecule has 1 aliphatic heterocycles. The average Bonchev–Trinajstić information content (AvgIpc) is 3.67. The number of likely N-dealkylation sites (N-methyl/N-ethyl adjacent to an activating group) is 1. The van der Waals surface area contributed by atoms with Crippen molar-refractivity contribution >= 4 is 17.2 Å². The predicted octanol–water partition coefficient (Wildman–Crippen LogP) is 6.72. The smallest absolute Gasteiger partial charge is 0.252 e. The van der Waals surface area contributed by atoms with Crippen LogP contribution in [-0.4, -0.2) is 54.4 Å². The van der Waals surface area contributed by atoms with E-state index in [1.165, 1.54) is 4.88 Å². The molecular formula is C32H38N4O3S. The maximum atomic E-state index is 13.4. The molecule has 2 aromatic heterocycles. The molecule has 2 aromatic carbocycles. The molecule has 0 radical (unpaired) electrons. The molecular weight excluding hydrogens is 520 g/mol. The number of aromatic nitrogens is 2. The number of nitrogens with one attached hydrogen (secondary N) is 1. The van der Waals surface area contributed by atoms with Crippen molar-refractivity contribution in [1.82, 2.24) is 20.0 Å².